The Morgan fingerprint density at radius 1 is 0.615 bits per heavy atom. The van der Waals surface area contributed by atoms with Crippen LogP contribution in [0.3, 0.4) is 0 Å². The maximum atomic E-state index is 13.3. The molecule has 3 aromatic rings. The fraction of sp³-hybridized carbons (Fsp3) is 0.160. The fourth-order valence-corrected chi connectivity index (χ4v) is 4.84. The quantitative estimate of drug-likeness (QED) is 0.608. The second kappa shape index (κ2) is 6.10. The topological polar surface area (TPSA) is 17.1 Å². The Morgan fingerprint density at radius 3 is 1.69 bits per heavy atom. The van der Waals surface area contributed by atoms with E-state index in [1.54, 1.807) is 0 Å². The predicted molar refractivity (Wildman–Crippen MR) is 105 cm³/mol. The molecule has 1 saturated carbocycles. The number of ketones is 1. The smallest absolute Gasteiger partial charge is 0.148 e. The molecule has 0 unspecified atom stereocenters. The lowest BCUT2D eigenvalue weighted by Crippen LogP contribution is -2.14. The molecule has 0 N–H and O–H groups in total. The third-order valence-corrected chi connectivity index (χ3v) is 5.89. The van der Waals surface area contributed by atoms with Gasteiger partial charge in [-0.1, -0.05) is 91.0 Å². The molecule has 1 fully saturated rings. The zero-order valence-corrected chi connectivity index (χ0v) is 14.5. The minimum absolute atomic E-state index is 0.0165. The third kappa shape index (κ3) is 2.28. The summed E-state index contributed by atoms with van der Waals surface area (Å²) in [5.41, 5.74) is 6.16. The van der Waals surface area contributed by atoms with Crippen LogP contribution in [-0.4, -0.2) is 5.78 Å². The van der Waals surface area contributed by atoms with Gasteiger partial charge in [-0.3, -0.25) is 4.79 Å². The number of carbonyl (C=O) groups is 1. The molecular weight excluding hydrogens is 316 g/mol. The van der Waals surface area contributed by atoms with E-state index in [0.717, 1.165) is 6.42 Å². The Labute approximate surface area is 154 Å². The Bertz CT molecular complexity index is 970. The van der Waals surface area contributed by atoms with Crippen LogP contribution < -0.4 is 0 Å². The molecule has 0 aliphatic heterocycles. The van der Waals surface area contributed by atoms with Crippen LogP contribution >= 0.6 is 0 Å². The number of hydrogen-bond acceptors (Lipinski definition) is 1. The number of fused-ring (bicyclic) bond motifs is 2. The predicted octanol–water partition coefficient (Wildman–Crippen LogP) is 5.60. The Morgan fingerprint density at radius 2 is 1.12 bits per heavy atom. The summed E-state index contributed by atoms with van der Waals surface area (Å²) in [4.78, 5) is 13.3. The number of rotatable bonds is 3. The summed E-state index contributed by atoms with van der Waals surface area (Å²) >= 11 is 0. The molecule has 0 aromatic heterocycles. The third-order valence-electron chi connectivity index (χ3n) is 5.89. The summed E-state index contributed by atoms with van der Waals surface area (Å²) in [7, 11) is 0. The molecule has 5 rings (SSSR count). The first kappa shape index (κ1) is 15.3. The Kier molecular flexibility index (Phi) is 3.60. The second-order valence-corrected chi connectivity index (χ2v) is 7.24. The first-order valence-corrected chi connectivity index (χ1v) is 9.28. The highest BCUT2D eigenvalue weighted by Gasteiger charge is 2.53. The Hall–Kier alpha value is -2.93. The van der Waals surface area contributed by atoms with Gasteiger partial charge >= 0.3 is 0 Å². The number of carbonyl (C=O) groups excluding carboxylic acids is 1. The highest BCUT2D eigenvalue weighted by molar-refractivity contribution is 6.17. The first-order valence-electron chi connectivity index (χ1n) is 9.28. The highest BCUT2D eigenvalue weighted by atomic mass is 16.1. The van der Waals surface area contributed by atoms with Crippen LogP contribution in [0, 0.1) is 11.8 Å². The van der Waals surface area contributed by atoms with Crippen LogP contribution in [0.4, 0.5) is 0 Å². The van der Waals surface area contributed by atoms with Gasteiger partial charge in [-0.05, 0) is 40.2 Å². The summed E-state index contributed by atoms with van der Waals surface area (Å²) in [6.07, 6.45) is 0.925. The normalized spacial score (nSPS) is 24.3. The summed E-state index contributed by atoms with van der Waals surface area (Å²) in [5.74, 6) is 0.677. The monoisotopic (exact) mass is 336 g/mol. The van der Waals surface area contributed by atoms with E-state index < -0.39 is 0 Å². The second-order valence-electron chi connectivity index (χ2n) is 7.24. The number of Topliss-reactive ketones (excluding diaryl/α,β-unsaturated/α-hetero) is 1. The molecule has 2 bridgehead atoms. The molecule has 0 amide bonds. The molecule has 0 radical (unpaired) electrons. The molecule has 0 saturated heterocycles. The van der Waals surface area contributed by atoms with Gasteiger partial charge in [0, 0.05) is 5.92 Å². The van der Waals surface area contributed by atoms with E-state index >= 15 is 0 Å². The maximum absolute atomic E-state index is 13.3. The molecule has 1 nitrogen and oxygen atoms in total. The van der Waals surface area contributed by atoms with Crippen molar-refractivity contribution in [2.24, 2.45) is 11.8 Å². The average Bonchev–Trinajstić information content (AvgIpc) is 3.20. The van der Waals surface area contributed by atoms with Crippen molar-refractivity contribution in [3.8, 4) is 0 Å². The molecule has 1 heteroatoms. The van der Waals surface area contributed by atoms with Crippen LogP contribution in [0.15, 0.2) is 91.0 Å². The van der Waals surface area contributed by atoms with E-state index in [9.17, 15) is 4.79 Å². The minimum Gasteiger partial charge on any atom is -0.298 e. The van der Waals surface area contributed by atoms with Crippen LogP contribution in [0.25, 0.3) is 11.1 Å². The van der Waals surface area contributed by atoms with Crippen LogP contribution in [0.2, 0.25) is 0 Å². The van der Waals surface area contributed by atoms with E-state index in [0.29, 0.717) is 5.78 Å². The van der Waals surface area contributed by atoms with Crippen molar-refractivity contribution in [3.63, 3.8) is 0 Å². The van der Waals surface area contributed by atoms with Gasteiger partial charge in [0.2, 0.25) is 0 Å². The zero-order chi connectivity index (χ0) is 17.5. The Balaban J connectivity index is 1.71. The maximum Gasteiger partial charge on any atom is 0.148 e. The number of hydrogen-bond donors (Lipinski definition) is 0. The van der Waals surface area contributed by atoms with Crippen molar-refractivity contribution >= 4 is 16.9 Å². The van der Waals surface area contributed by atoms with Gasteiger partial charge in [0.25, 0.3) is 0 Å². The van der Waals surface area contributed by atoms with Crippen LogP contribution in [0.5, 0.6) is 0 Å². The number of allylic oxidation sites excluding steroid dienone is 2. The summed E-state index contributed by atoms with van der Waals surface area (Å²) in [6, 6.07) is 31.5. The van der Waals surface area contributed by atoms with E-state index in [4.69, 9.17) is 0 Å². The van der Waals surface area contributed by atoms with Crippen molar-refractivity contribution in [1.82, 2.24) is 0 Å². The van der Waals surface area contributed by atoms with Gasteiger partial charge < -0.3 is 0 Å². The van der Waals surface area contributed by atoms with E-state index in [-0.39, 0.29) is 17.8 Å². The first-order chi connectivity index (χ1) is 12.8. The van der Waals surface area contributed by atoms with E-state index in [1.165, 1.54) is 27.8 Å². The van der Waals surface area contributed by atoms with Crippen molar-refractivity contribution in [3.05, 3.63) is 108 Å². The molecule has 2 aliphatic carbocycles. The largest absolute Gasteiger partial charge is 0.298 e. The zero-order valence-electron chi connectivity index (χ0n) is 14.5. The lowest BCUT2D eigenvalue weighted by atomic mass is 9.76. The van der Waals surface area contributed by atoms with Gasteiger partial charge in [0.15, 0.2) is 0 Å². The molecule has 26 heavy (non-hydrogen) atoms. The van der Waals surface area contributed by atoms with Crippen molar-refractivity contribution in [1.29, 1.82) is 0 Å². The lowest BCUT2D eigenvalue weighted by Gasteiger charge is -2.27. The molecule has 3 aromatic carbocycles. The highest BCUT2D eigenvalue weighted by Crippen LogP contribution is 2.59. The van der Waals surface area contributed by atoms with Gasteiger partial charge in [-0.2, -0.15) is 0 Å². The van der Waals surface area contributed by atoms with Crippen molar-refractivity contribution in [2.45, 2.75) is 12.3 Å². The van der Waals surface area contributed by atoms with Crippen LogP contribution in [-0.2, 0) is 4.79 Å². The van der Waals surface area contributed by atoms with E-state index in [1.807, 2.05) is 18.2 Å². The molecule has 126 valence electrons. The minimum atomic E-state index is -0.0278. The molecular formula is C25H20O. The molecule has 0 heterocycles. The fourth-order valence-electron chi connectivity index (χ4n) is 4.84. The summed E-state index contributed by atoms with van der Waals surface area (Å²) < 4.78 is 0. The number of benzene rings is 3. The summed E-state index contributed by atoms with van der Waals surface area (Å²) in [6.45, 7) is 0. The average molecular weight is 336 g/mol. The molecule has 0 spiro atoms. The standard InChI is InChI=1S/C25H20O/c26-25-21-16-20(17-10-4-1-5-11-17)24(25)23(19-14-8-3-9-15-19)22(21)18-12-6-2-7-13-18/h1-15,20-21,24H,16H2/t20-,21-,24-/m1/s1. The SMILES string of the molecule is O=C1[C@@H]2C[C@H](c3ccccc3)[C@@H]1C(c1ccccc1)=C2c1ccccc1. The lowest BCUT2D eigenvalue weighted by molar-refractivity contribution is -0.120. The van der Waals surface area contributed by atoms with Crippen molar-refractivity contribution < 1.29 is 4.79 Å². The van der Waals surface area contributed by atoms with Crippen molar-refractivity contribution in [2.75, 3.05) is 0 Å². The van der Waals surface area contributed by atoms with Crippen LogP contribution in [0.1, 0.15) is 29.0 Å². The van der Waals surface area contributed by atoms with Gasteiger partial charge in [-0.25, -0.2) is 0 Å². The summed E-state index contributed by atoms with van der Waals surface area (Å²) in [5, 5.41) is 0. The molecule has 2 aliphatic rings. The van der Waals surface area contributed by atoms with E-state index in [2.05, 4.69) is 72.8 Å². The van der Waals surface area contributed by atoms with Gasteiger partial charge in [-0.15, -0.1) is 0 Å². The molecule has 3 atom stereocenters. The van der Waals surface area contributed by atoms with Gasteiger partial charge in [0.1, 0.15) is 5.78 Å². The van der Waals surface area contributed by atoms with Gasteiger partial charge in [0.05, 0.1) is 5.92 Å².